The molecule has 0 radical (unpaired) electrons. The highest BCUT2D eigenvalue weighted by Crippen LogP contribution is 2.19. The van der Waals surface area contributed by atoms with Crippen LogP contribution in [0.15, 0.2) is 72.3 Å². The van der Waals surface area contributed by atoms with Crippen molar-refractivity contribution >= 4 is 17.7 Å². The molecule has 4 nitrogen and oxygen atoms in total. The monoisotopic (exact) mass is 400 g/mol. The van der Waals surface area contributed by atoms with Crippen LogP contribution in [-0.4, -0.2) is 5.91 Å². The number of carbonyl (C=O) groups is 1. The smallest absolute Gasteiger partial charge is 0.266 e. The molecule has 0 heterocycles. The Balaban J connectivity index is 1.67. The van der Waals surface area contributed by atoms with E-state index in [1.807, 2.05) is 38.1 Å². The minimum Gasteiger partial charge on any atom is -0.489 e. The van der Waals surface area contributed by atoms with Gasteiger partial charge in [0, 0.05) is 11.3 Å². The zero-order chi connectivity index (χ0) is 21.5. The number of nitrogens with zero attached hydrogens (tertiary/aromatic N) is 1. The Labute approximate surface area is 175 Å². The van der Waals surface area contributed by atoms with Crippen LogP contribution in [0.2, 0.25) is 0 Å². The number of rotatable bonds is 6. The lowest BCUT2D eigenvalue weighted by Gasteiger charge is -2.09. The SMILES string of the molecule is Cc1ccc(NC(=O)/C(C#N)=C/c2ccc(OCc3ccccc3F)cc2)c(C)c1. The lowest BCUT2D eigenvalue weighted by molar-refractivity contribution is -0.112. The van der Waals surface area contributed by atoms with E-state index < -0.39 is 5.91 Å². The van der Waals surface area contributed by atoms with Crippen molar-refractivity contribution in [2.75, 3.05) is 5.32 Å². The number of carbonyl (C=O) groups excluding carboxylic acids is 1. The van der Waals surface area contributed by atoms with Crippen molar-refractivity contribution < 1.29 is 13.9 Å². The Morgan fingerprint density at radius 3 is 2.50 bits per heavy atom. The van der Waals surface area contributed by atoms with Crippen LogP contribution in [0, 0.1) is 31.0 Å². The number of hydrogen-bond acceptors (Lipinski definition) is 3. The van der Waals surface area contributed by atoms with E-state index in [-0.39, 0.29) is 18.0 Å². The molecule has 0 unspecified atom stereocenters. The molecule has 150 valence electrons. The Hall–Kier alpha value is -3.91. The molecule has 0 atom stereocenters. The molecule has 5 heteroatoms. The summed E-state index contributed by atoms with van der Waals surface area (Å²) >= 11 is 0. The van der Waals surface area contributed by atoms with Gasteiger partial charge in [-0.2, -0.15) is 5.26 Å². The van der Waals surface area contributed by atoms with Crippen molar-refractivity contribution in [3.05, 3.63) is 100 Å². The quantitative estimate of drug-likeness (QED) is 0.435. The fourth-order valence-corrected chi connectivity index (χ4v) is 2.90. The highest BCUT2D eigenvalue weighted by Gasteiger charge is 2.11. The molecule has 0 fully saturated rings. The number of benzene rings is 3. The number of anilines is 1. The van der Waals surface area contributed by atoms with Crippen LogP contribution in [0.4, 0.5) is 10.1 Å². The summed E-state index contributed by atoms with van der Waals surface area (Å²) in [6.07, 6.45) is 1.51. The third-order valence-electron chi connectivity index (χ3n) is 4.54. The Bertz CT molecular complexity index is 1130. The molecule has 3 aromatic carbocycles. The number of hydrogen-bond donors (Lipinski definition) is 1. The highest BCUT2D eigenvalue weighted by atomic mass is 19.1. The Kier molecular flexibility index (Phi) is 6.61. The molecular formula is C25H21FN2O2. The third kappa shape index (κ3) is 5.33. The van der Waals surface area contributed by atoms with E-state index in [2.05, 4.69) is 5.32 Å². The summed E-state index contributed by atoms with van der Waals surface area (Å²) in [7, 11) is 0. The predicted molar refractivity (Wildman–Crippen MR) is 115 cm³/mol. The fraction of sp³-hybridized carbons (Fsp3) is 0.120. The van der Waals surface area contributed by atoms with Gasteiger partial charge in [0.2, 0.25) is 0 Å². The van der Waals surface area contributed by atoms with Gasteiger partial charge in [-0.25, -0.2) is 4.39 Å². The number of nitriles is 1. The first kappa shape index (κ1) is 20.8. The van der Waals surface area contributed by atoms with Gasteiger partial charge in [0.25, 0.3) is 5.91 Å². The van der Waals surface area contributed by atoms with E-state index in [0.717, 1.165) is 11.1 Å². The molecule has 3 rings (SSSR count). The van der Waals surface area contributed by atoms with Crippen LogP contribution in [0.25, 0.3) is 6.08 Å². The normalized spacial score (nSPS) is 10.9. The first-order valence-electron chi connectivity index (χ1n) is 9.43. The standard InChI is InChI=1S/C25H21FN2O2/c1-17-7-12-24(18(2)13-17)28-25(29)21(15-27)14-19-8-10-22(11-9-19)30-16-20-5-3-4-6-23(20)26/h3-14H,16H2,1-2H3,(H,28,29)/b21-14+. The highest BCUT2D eigenvalue weighted by molar-refractivity contribution is 6.09. The van der Waals surface area contributed by atoms with Crippen molar-refractivity contribution in [2.24, 2.45) is 0 Å². The predicted octanol–water partition coefficient (Wildman–Crippen LogP) is 5.57. The van der Waals surface area contributed by atoms with Gasteiger partial charge in [0.1, 0.15) is 29.8 Å². The van der Waals surface area contributed by atoms with Crippen molar-refractivity contribution in [1.82, 2.24) is 0 Å². The van der Waals surface area contributed by atoms with Crippen LogP contribution >= 0.6 is 0 Å². The first-order valence-corrected chi connectivity index (χ1v) is 9.43. The summed E-state index contributed by atoms with van der Waals surface area (Å²) in [5, 5.41) is 12.2. The second kappa shape index (κ2) is 9.53. The van der Waals surface area contributed by atoms with Crippen LogP contribution in [0.1, 0.15) is 22.3 Å². The van der Waals surface area contributed by atoms with Gasteiger partial charge in [-0.1, -0.05) is 48.0 Å². The largest absolute Gasteiger partial charge is 0.489 e. The van der Waals surface area contributed by atoms with Crippen molar-refractivity contribution in [1.29, 1.82) is 5.26 Å². The number of amides is 1. The maximum absolute atomic E-state index is 13.7. The van der Waals surface area contributed by atoms with E-state index in [1.54, 1.807) is 42.5 Å². The van der Waals surface area contributed by atoms with E-state index in [1.165, 1.54) is 12.1 Å². The molecule has 0 saturated heterocycles. The molecule has 1 N–H and O–H groups in total. The second-order valence-corrected chi connectivity index (χ2v) is 6.89. The van der Waals surface area contributed by atoms with Crippen molar-refractivity contribution in [2.45, 2.75) is 20.5 Å². The molecule has 0 aromatic heterocycles. The van der Waals surface area contributed by atoms with Gasteiger partial charge in [-0.05, 0) is 55.3 Å². The summed E-state index contributed by atoms with van der Waals surface area (Å²) in [4.78, 5) is 12.5. The Morgan fingerprint density at radius 1 is 1.10 bits per heavy atom. The third-order valence-corrected chi connectivity index (χ3v) is 4.54. The van der Waals surface area contributed by atoms with Gasteiger partial charge in [0.15, 0.2) is 0 Å². The average Bonchev–Trinajstić information content (AvgIpc) is 2.74. The molecule has 3 aromatic rings. The molecular weight excluding hydrogens is 379 g/mol. The summed E-state index contributed by atoms with van der Waals surface area (Å²) in [5.74, 6) is -0.219. The zero-order valence-electron chi connectivity index (χ0n) is 16.8. The minimum atomic E-state index is -0.468. The second-order valence-electron chi connectivity index (χ2n) is 6.89. The summed E-state index contributed by atoms with van der Waals surface area (Å²) in [6, 6.07) is 21.0. The number of halogens is 1. The average molecular weight is 400 g/mol. The molecule has 0 saturated carbocycles. The van der Waals surface area contributed by atoms with Crippen molar-refractivity contribution in [3.63, 3.8) is 0 Å². The van der Waals surface area contributed by atoms with Crippen LogP contribution in [0.5, 0.6) is 5.75 Å². The molecule has 0 bridgehead atoms. The molecule has 0 aliphatic rings. The summed E-state index contributed by atoms with van der Waals surface area (Å²) in [6.45, 7) is 3.99. The maximum atomic E-state index is 13.7. The van der Waals surface area contributed by atoms with Crippen LogP contribution in [0.3, 0.4) is 0 Å². The van der Waals surface area contributed by atoms with Crippen molar-refractivity contribution in [3.8, 4) is 11.8 Å². The van der Waals surface area contributed by atoms with E-state index in [4.69, 9.17) is 4.74 Å². The molecule has 0 spiro atoms. The summed E-state index contributed by atoms with van der Waals surface area (Å²) in [5.41, 5.74) is 3.84. The van der Waals surface area contributed by atoms with E-state index >= 15 is 0 Å². The van der Waals surface area contributed by atoms with Crippen LogP contribution in [-0.2, 0) is 11.4 Å². The van der Waals surface area contributed by atoms with Gasteiger partial charge < -0.3 is 10.1 Å². The zero-order valence-corrected chi connectivity index (χ0v) is 16.8. The number of aryl methyl sites for hydroxylation is 2. The van der Waals surface area contributed by atoms with Crippen LogP contribution < -0.4 is 10.1 Å². The maximum Gasteiger partial charge on any atom is 0.266 e. The number of nitrogens with one attached hydrogen (secondary N) is 1. The Morgan fingerprint density at radius 2 is 1.83 bits per heavy atom. The molecule has 0 aliphatic carbocycles. The first-order chi connectivity index (χ1) is 14.5. The van der Waals surface area contributed by atoms with Gasteiger partial charge in [-0.15, -0.1) is 0 Å². The number of ether oxygens (including phenoxy) is 1. The molecule has 0 aliphatic heterocycles. The molecule has 30 heavy (non-hydrogen) atoms. The van der Waals surface area contributed by atoms with Gasteiger partial charge >= 0.3 is 0 Å². The van der Waals surface area contributed by atoms with E-state index in [0.29, 0.717) is 22.6 Å². The minimum absolute atomic E-state index is 0.00463. The topological polar surface area (TPSA) is 62.1 Å². The van der Waals surface area contributed by atoms with Gasteiger partial charge in [-0.3, -0.25) is 4.79 Å². The molecule has 1 amide bonds. The lowest BCUT2D eigenvalue weighted by atomic mass is 10.1. The summed E-state index contributed by atoms with van der Waals surface area (Å²) < 4.78 is 19.3. The van der Waals surface area contributed by atoms with Gasteiger partial charge in [0.05, 0.1) is 0 Å². The lowest BCUT2D eigenvalue weighted by Crippen LogP contribution is -2.14. The van der Waals surface area contributed by atoms with E-state index in [9.17, 15) is 14.4 Å². The fourth-order valence-electron chi connectivity index (χ4n) is 2.90.